The molecule has 0 aromatic heterocycles. The SMILES string of the molecule is CCOc1cc(C(CC(=O)NCC(=O)[O-])N2C(=O)c3ccc(C)cc3C2=O)ccc1OC. The van der Waals surface area contributed by atoms with Gasteiger partial charge in [0.25, 0.3) is 11.8 Å². The minimum atomic E-state index is -1.45. The first-order chi connectivity index (χ1) is 15.3. The molecule has 0 radical (unpaired) electrons. The van der Waals surface area contributed by atoms with E-state index in [0.717, 1.165) is 10.5 Å². The van der Waals surface area contributed by atoms with Crippen molar-refractivity contribution in [2.45, 2.75) is 26.3 Å². The number of methoxy groups -OCH3 is 1. The molecule has 2 aromatic rings. The quantitative estimate of drug-likeness (QED) is 0.578. The first kappa shape index (κ1) is 22.8. The Bertz CT molecular complexity index is 1080. The van der Waals surface area contributed by atoms with Crippen molar-refractivity contribution >= 4 is 23.7 Å². The lowest BCUT2D eigenvalue weighted by atomic mass is 10.0. The maximum absolute atomic E-state index is 13.2. The van der Waals surface area contributed by atoms with Crippen molar-refractivity contribution in [3.05, 3.63) is 58.7 Å². The molecule has 1 heterocycles. The fourth-order valence-corrected chi connectivity index (χ4v) is 3.60. The van der Waals surface area contributed by atoms with Gasteiger partial charge in [0.15, 0.2) is 11.5 Å². The predicted octanol–water partition coefficient (Wildman–Crippen LogP) is 0.996. The maximum Gasteiger partial charge on any atom is 0.262 e. The van der Waals surface area contributed by atoms with Crippen LogP contribution in [0.25, 0.3) is 0 Å². The standard InChI is InChI=1S/C23H24N2O7/c1-4-32-19-10-14(6-8-18(19)31-3)17(11-20(26)24-12-21(27)28)25-22(29)15-7-5-13(2)9-16(15)23(25)30/h5-10,17H,4,11-12H2,1-3H3,(H,24,26)(H,27,28)/p-1. The van der Waals surface area contributed by atoms with Gasteiger partial charge in [0.2, 0.25) is 5.91 Å². The van der Waals surface area contributed by atoms with Crippen LogP contribution in [0.5, 0.6) is 11.5 Å². The van der Waals surface area contributed by atoms with E-state index in [9.17, 15) is 24.3 Å². The van der Waals surface area contributed by atoms with E-state index in [0.29, 0.717) is 23.7 Å². The highest BCUT2D eigenvalue weighted by Crippen LogP contribution is 2.37. The Kier molecular flexibility index (Phi) is 6.77. The molecule has 1 aliphatic heterocycles. The highest BCUT2D eigenvalue weighted by Gasteiger charge is 2.41. The first-order valence-corrected chi connectivity index (χ1v) is 10.0. The summed E-state index contributed by atoms with van der Waals surface area (Å²) in [5.74, 6) is -2.32. The van der Waals surface area contributed by atoms with Gasteiger partial charge in [-0.05, 0) is 43.7 Å². The Labute approximate surface area is 184 Å². The van der Waals surface area contributed by atoms with E-state index in [4.69, 9.17) is 9.47 Å². The van der Waals surface area contributed by atoms with Crippen LogP contribution in [-0.4, -0.2) is 48.9 Å². The van der Waals surface area contributed by atoms with Gasteiger partial charge >= 0.3 is 0 Å². The molecule has 3 rings (SSSR count). The number of aryl methyl sites for hydroxylation is 1. The zero-order chi connectivity index (χ0) is 23.4. The molecule has 3 amide bonds. The molecule has 0 saturated carbocycles. The first-order valence-electron chi connectivity index (χ1n) is 10.0. The third-order valence-corrected chi connectivity index (χ3v) is 5.07. The average Bonchev–Trinajstić information content (AvgIpc) is 3.00. The molecule has 2 aromatic carbocycles. The summed E-state index contributed by atoms with van der Waals surface area (Å²) in [5.41, 5.74) is 1.79. The van der Waals surface area contributed by atoms with Gasteiger partial charge in [-0.3, -0.25) is 19.3 Å². The molecule has 0 spiro atoms. The summed E-state index contributed by atoms with van der Waals surface area (Å²) < 4.78 is 10.9. The zero-order valence-corrected chi connectivity index (χ0v) is 18.0. The van der Waals surface area contributed by atoms with Crippen LogP contribution in [0.2, 0.25) is 0 Å². The van der Waals surface area contributed by atoms with Crippen molar-refractivity contribution in [3.8, 4) is 11.5 Å². The van der Waals surface area contributed by atoms with E-state index < -0.39 is 36.3 Å². The molecular formula is C23H23N2O7-. The lowest BCUT2D eigenvalue weighted by molar-refractivity contribution is -0.304. The summed E-state index contributed by atoms with van der Waals surface area (Å²) in [6, 6.07) is 8.81. The predicted molar refractivity (Wildman–Crippen MR) is 111 cm³/mol. The van der Waals surface area contributed by atoms with Crippen molar-refractivity contribution in [1.29, 1.82) is 0 Å². The number of nitrogens with zero attached hydrogens (tertiary/aromatic N) is 1. The number of nitrogens with one attached hydrogen (secondary N) is 1. The number of carboxylic acids is 1. The van der Waals surface area contributed by atoms with Crippen molar-refractivity contribution in [2.75, 3.05) is 20.3 Å². The summed E-state index contributed by atoms with van der Waals surface area (Å²) in [6.45, 7) is 3.27. The number of rotatable bonds is 9. The van der Waals surface area contributed by atoms with Gasteiger partial charge in [-0.15, -0.1) is 0 Å². The van der Waals surface area contributed by atoms with Crippen molar-refractivity contribution in [2.24, 2.45) is 0 Å². The lowest BCUT2D eigenvalue weighted by Gasteiger charge is -2.27. The highest BCUT2D eigenvalue weighted by molar-refractivity contribution is 6.21. The third kappa shape index (κ3) is 4.56. The number of fused-ring (bicyclic) bond motifs is 1. The van der Waals surface area contributed by atoms with Crippen LogP contribution in [0, 0.1) is 6.92 Å². The summed E-state index contributed by atoms with van der Waals surface area (Å²) in [7, 11) is 1.48. The number of benzene rings is 2. The van der Waals surface area contributed by atoms with E-state index in [1.54, 1.807) is 43.3 Å². The number of carbonyl (C=O) groups excluding carboxylic acids is 4. The van der Waals surface area contributed by atoms with Crippen molar-refractivity contribution in [3.63, 3.8) is 0 Å². The average molecular weight is 439 g/mol. The largest absolute Gasteiger partial charge is 0.548 e. The van der Waals surface area contributed by atoms with Crippen molar-refractivity contribution < 1.29 is 33.8 Å². The highest BCUT2D eigenvalue weighted by atomic mass is 16.5. The molecule has 0 bridgehead atoms. The summed E-state index contributed by atoms with van der Waals surface area (Å²) in [6.07, 6.45) is -0.338. The third-order valence-electron chi connectivity index (χ3n) is 5.07. The number of ether oxygens (including phenoxy) is 2. The fourth-order valence-electron chi connectivity index (χ4n) is 3.60. The van der Waals surface area contributed by atoms with E-state index in [2.05, 4.69) is 5.32 Å². The molecule has 32 heavy (non-hydrogen) atoms. The number of carboxylic acid groups (broad SMARTS) is 1. The second kappa shape index (κ2) is 9.51. The topological polar surface area (TPSA) is 125 Å². The van der Waals surface area contributed by atoms with Crippen LogP contribution in [0.3, 0.4) is 0 Å². The number of aliphatic carboxylic acids is 1. The van der Waals surface area contributed by atoms with Gasteiger partial charge in [0.05, 0.1) is 49.8 Å². The van der Waals surface area contributed by atoms with Gasteiger partial charge in [-0.1, -0.05) is 17.7 Å². The van der Waals surface area contributed by atoms with Crippen LogP contribution in [0.1, 0.15) is 51.2 Å². The molecular weight excluding hydrogens is 416 g/mol. The van der Waals surface area contributed by atoms with Gasteiger partial charge in [-0.2, -0.15) is 0 Å². The molecule has 1 aliphatic rings. The van der Waals surface area contributed by atoms with Gasteiger partial charge in [0, 0.05) is 0 Å². The molecule has 1 unspecified atom stereocenters. The Balaban J connectivity index is 2.03. The molecule has 1 atom stereocenters. The van der Waals surface area contributed by atoms with E-state index in [1.807, 2.05) is 6.92 Å². The number of hydrogen-bond donors (Lipinski definition) is 1. The molecule has 0 fully saturated rings. The second-order valence-electron chi connectivity index (χ2n) is 7.24. The van der Waals surface area contributed by atoms with Crippen LogP contribution in [-0.2, 0) is 9.59 Å². The second-order valence-corrected chi connectivity index (χ2v) is 7.24. The Morgan fingerprint density at radius 3 is 2.44 bits per heavy atom. The maximum atomic E-state index is 13.2. The van der Waals surface area contributed by atoms with Crippen LogP contribution >= 0.6 is 0 Å². The van der Waals surface area contributed by atoms with Crippen LogP contribution in [0.15, 0.2) is 36.4 Å². The summed E-state index contributed by atoms with van der Waals surface area (Å²) in [4.78, 5) is 50.5. The molecule has 9 heteroatoms. The zero-order valence-electron chi connectivity index (χ0n) is 18.0. The lowest BCUT2D eigenvalue weighted by Crippen LogP contribution is -2.41. The smallest absolute Gasteiger partial charge is 0.262 e. The number of carbonyl (C=O) groups is 4. The fraction of sp³-hybridized carbons (Fsp3) is 0.304. The van der Waals surface area contributed by atoms with E-state index >= 15 is 0 Å². The Morgan fingerprint density at radius 2 is 1.78 bits per heavy atom. The molecule has 168 valence electrons. The summed E-state index contributed by atoms with van der Waals surface area (Å²) in [5, 5.41) is 12.9. The van der Waals surface area contributed by atoms with Gasteiger partial charge in [-0.25, -0.2) is 0 Å². The number of amides is 3. The van der Waals surface area contributed by atoms with E-state index in [-0.39, 0.29) is 17.5 Å². The van der Waals surface area contributed by atoms with Gasteiger partial charge in [0.1, 0.15) is 0 Å². The van der Waals surface area contributed by atoms with Crippen LogP contribution < -0.4 is 19.9 Å². The van der Waals surface area contributed by atoms with E-state index in [1.165, 1.54) is 7.11 Å². The van der Waals surface area contributed by atoms with Gasteiger partial charge < -0.3 is 24.7 Å². The normalized spacial score (nSPS) is 13.5. The van der Waals surface area contributed by atoms with Crippen molar-refractivity contribution in [1.82, 2.24) is 10.2 Å². The molecule has 0 aliphatic carbocycles. The summed E-state index contributed by atoms with van der Waals surface area (Å²) >= 11 is 0. The molecule has 0 saturated heterocycles. The molecule has 9 nitrogen and oxygen atoms in total. The Morgan fingerprint density at radius 1 is 1.06 bits per heavy atom. The minimum Gasteiger partial charge on any atom is -0.548 e. The monoisotopic (exact) mass is 439 g/mol. The van der Waals surface area contributed by atoms with Crippen LogP contribution in [0.4, 0.5) is 0 Å². The minimum absolute atomic E-state index is 0.249. The molecule has 1 N–H and O–H groups in total. The Hall–Kier alpha value is -3.88. The number of hydrogen-bond acceptors (Lipinski definition) is 7. The number of imide groups is 1.